The molecule has 1 nitrogen and oxygen atoms in total. The van der Waals surface area contributed by atoms with Crippen molar-refractivity contribution in [2.75, 3.05) is 7.11 Å². The number of aryl methyl sites for hydroxylation is 4. The third-order valence-corrected chi connectivity index (χ3v) is 8.96. The van der Waals surface area contributed by atoms with Gasteiger partial charge in [-0.25, -0.2) is 0 Å². The van der Waals surface area contributed by atoms with Crippen molar-refractivity contribution in [3.8, 4) is 5.75 Å². The van der Waals surface area contributed by atoms with Crippen LogP contribution in [-0.2, 0) is 10.8 Å². The summed E-state index contributed by atoms with van der Waals surface area (Å²) in [6.45, 7) is 36.2. The van der Waals surface area contributed by atoms with Crippen LogP contribution in [-0.4, -0.2) is 7.11 Å². The van der Waals surface area contributed by atoms with Gasteiger partial charge in [-0.15, -0.1) is 0 Å². The fraction of sp³-hybridized carbons (Fsp3) is 0.429. The Kier molecular flexibility index (Phi) is 30.4. The molecule has 0 amide bonds. The third kappa shape index (κ3) is 23.5. The highest BCUT2D eigenvalue weighted by Gasteiger charge is 2.16. The van der Waals surface area contributed by atoms with Gasteiger partial charge in [-0.3, -0.25) is 0 Å². The van der Waals surface area contributed by atoms with Gasteiger partial charge in [0.1, 0.15) is 5.75 Å². The average molecular weight is 773 g/mol. The maximum Gasteiger partial charge on any atom is 0.126 e. The summed E-state index contributed by atoms with van der Waals surface area (Å²) in [7, 11) is 1.75. The molecule has 0 bridgehead atoms. The fourth-order valence-electron chi connectivity index (χ4n) is 6.21. The SMILES string of the molecule is CC.CC.CC.COc1ccccc1C1=C(C)CCCC1.Cc1ccccc1.Cc1ccccc1.Cc1ccccc1C(C)(C)C.Cc1ccccc1C(C)(C)C. The number of para-hydroxylation sites is 1. The molecular weight excluding hydrogens is 689 g/mol. The molecule has 0 atom stereocenters. The number of hydrogen-bond acceptors (Lipinski definition) is 1. The van der Waals surface area contributed by atoms with Crippen molar-refractivity contribution < 1.29 is 4.74 Å². The second kappa shape index (κ2) is 31.7. The van der Waals surface area contributed by atoms with E-state index < -0.39 is 0 Å². The molecule has 0 aromatic heterocycles. The lowest BCUT2D eigenvalue weighted by Crippen LogP contribution is -2.12. The zero-order valence-corrected chi connectivity index (χ0v) is 39.9. The molecule has 1 aliphatic carbocycles. The summed E-state index contributed by atoms with van der Waals surface area (Å²) in [5.74, 6) is 1.01. The monoisotopic (exact) mass is 773 g/mol. The summed E-state index contributed by atoms with van der Waals surface area (Å²) in [4.78, 5) is 0. The lowest BCUT2D eigenvalue weighted by atomic mass is 9.84. The quantitative estimate of drug-likeness (QED) is 0.174. The first-order chi connectivity index (χ1) is 27.1. The van der Waals surface area contributed by atoms with Gasteiger partial charge in [-0.1, -0.05) is 227 Å². The Morgan fingerprint density at radius 2 is 0.737 bits per heavy atom. The van der Waals surface area contributed by atoms with Crippen molar-refractivity contribution in [1.29, 1.82) is 0 Å². The second-order valence-electron chi connectivity index (χ2n) is 15.6. The summed E-state index contributed by atoms with van der Waals surface area (Å²) in [5, 5.41) is 0. The Labute approximate surface area is 354 Å². The molecule has 0 saturated heterocycles. The van der Waals surface area contributed by atoms with E-state index in [0.717, 1.165) is 5.75 Å². The number of allylic oxidation sites excluding steroid dienone is 2. The number of rotatable bonds is 2. The van der Waals surface area contributed by atoms with Crippen LogP contribution in [0.5, 0.6) is 5.75 Å². The molecule has 1 aliphatic rings. The molecule has 5 aromatic carbocycles. The van der Waals surface area contributed by atoms with Crippen LogP contribution in [0.2, 0.25) is 0 Å². The van der Waals surface area contributed by atoms with E-state index in [1.54, 1.807) is 7.11 Å². The van der Waals surface area contributed by atoms with E-state index in [2.05, 4.69) is 161 Å². The van der Waals surface area contributed by atoms with E-state index >= 15 is 0 Å². The predicted molar refractivity (Wildman–Crippen MR) is 260 cm³/mol. The van der Waals surface area contributed by atoms with E-state index in [1.165, 1.54) is 75.8 Å². The van der Waals surface area contributed by atoms with Gasteiger partial charge in [0.15, 0.2) is 0 Å². The van der Waals surface area contributed by atoms with E-state index in [0.29, 0.717) is 0 Å². The molecule has 0 fully saturated rings. The van der Waals surface area contributed by atoms with Crippen LogP contribution in [0.25, 0.3) is 5.57 Å². The third-order valence-electron chi connectivity index (χ3n) is 8.96. The van der Waals surface area contributed by atoms with Crippen molar-refractivity contribution in [2.45, 2.75) is 154 Å². The minimum absolute atomic E-state index is 0.283. The largest absolute Gasteiger partial charge is 0.496 e. The van der Waals surface area contributed by atoms with Crippen LogP contribution in [0.1, 0.15) is 155 Å². The van der Waals surface area contributed by atoms with Gasteiger partial charge in [-0.05, 0) is 105 Å². The second-order valence-corrected chi connectivity index (χ2v) is 15.6. The maximum atomic E-state index is 5.41. The maximum absolute atomic E-state index is 5.41. The molecule has 0 unspecified atom stereocenters. The molecule has 0 heterocycles. The Bertz CT molecular complexity index is 1620. The van der Waals surface area contributed by atoms with Crippen molar-refractivity contribution >= 4 is 5.57 Å². The van der Waals surface area contributed by atoms with Crippen LogP contribution >= 0.6 is 0 Å². The normalized spacial score (nSPS) is 11.3. The zero-order valence-electron chi connectivity index (χ0n) is 39.9. The first kappa shape index (κ1) is 54.7. The van der Waals surface area contributed by atoms with Crippen LogP contribution in [0.15, 0.2) is 139 Å². The lowest BCUT2D eigenvalue weighted by Gasteiger charge is -2.21. The number of ether oxygens (including phenoxy) is 1. The van der Waals surface area contributed by atoms with E-state index in [4.69, 9.17) is 4.74 Å². The highest BCUT2D eigenvalue weighted by Crippen LogP contribution is 2.36. The predicted octanol–water partition coefficient (Wildman–Crippen LogP) is 17.7. The first-order valence-electron chi connectivity index (χ1n) is 21.6. The van der Waals surface area contributed by atoms with Gasteiger partial charge in [-0.2, -0.15) is 0 Å². The number of methoxy groups -OCH3 is 1. The smallest absolute Gasteiger partial charge is 0.126 e. The molecule has 5 aromatic rings. The molecule has 0 saturated carbocycles. The standard InChI is InChI=1S/C14H18O.2C11H16.2C7H8.3C2H6/c1-11-7-3-4-8-12(11)13-9-5-6-10-14(13)15-2;2*1-9-7-5-6-8-10(9)11(2,3)4;2*1-7-5-3-2-4-6-7;3*1-2/h5-6,9-10H,3-4,7-8H2,1-2H3;2*5-8H,1-4H3;2*2-6H,1H3;3*1-2H3. The fourth-order valence-corrected chi connectivity index (χ4v) is 6.21. The number of hydrogen-bond donors (Lipinski definition) is 0. The lowest BCUT2D eigenvalue weighted by molar-refractivity contribution is 0.413. The van der Waals surface area contributed by atoms with Gasteiger partial charge >= 0.3 is 0 Å². The molecule has 6 rings (SSSR count). The molecular formula is C56H84O. The minimum atomic E-state index is 0.283. The first-order valence-corrected chi connectivity index (χ1v) is 21.6. The van der Waals surface area contributed by atoms with Gasteiger partial charge < -0.3 is 4.74 Å². The molecule has 314 valence electrons. The van der Waals surface area contributed by atoms with E-state index in [-0.39, 0.29) is 10.8 Å². The van der Waals surface area contributed by atoms with Crippen molar-refractivity contribution in [3.63, 3.8) is 0 Å². The summed E-state index contributed by atoms with van der Waals surface area (Å²) >= 11 is 0. The Balaban J connectivity index is 0. The Morgan fingerprint density at radius 3 is 1.04 bits per heavy atom. The van der Waals surface area contributed by atoms with Gasteiger partial charge in [0.25, 0.3) is 0 Å². The minimum Gasteiger partial charge on any atom is -0.496 e. The highest BCUT2D eigenvalue weighted by atomic mass is 16.5. The van der Waals surface area contributed by atoms with Gasteiger partial charge in [0.05, 0.1) is 7.11 Å². The molecule has 0 aliphatic heterocycles. The molecule has 0 radical (unpaired) electrons. The number of benzene rings is 5. The van der Waals surface area contributed by atoms with Crippen LogP contribution in [0.4, 0.5) is 0 Å². The average Bonchev–Trinajstić information content (AvgIpc) is 3.21. The molecule has 57 heavy (non-hydrogen) atoms. The topological polar surface area (TPSA) is 9.23 Å². The summed E-state index contributed by atoms with van der Waals surface area (Å²) in [5.41, 5.74) is 13.2. The summed E-state index contributed by atoms with van der Waals surface area (Å²) in [6.07, 6.45) is 5.09. The van der Waals surface area contributed by atoms with Crippen molar-refractivity contribution in [2.24, 2.45) is 0 Å². The van der Waals surface area contributed by atoms with Crippen molar-refractivity contribution in [3.05, 3.63) is 178 Å². The zero-order chi connectivity index (χ0) is 43.9. The molecule has 0 N–H and O–H groups in total. The van der Waals surface area contributed by atoms with E-state index in [9.17, 15) is 0 Å². The summed E-state index contributed by atoms with van der Waals surface area (Å²) in [6, 6.07) is 46.0. The van der Waals surface area contributed by atoms with Crippen molar-refractivity contribution in [1.82, 2.24) is 0 Å². The highest BCUT2D eigenvalue weighted by molar-refractivity contribution is 5.73. The van der Waals surface area contributed by atoms with Gasteiger partial charge in [0.2, 0.25) is 0 Å². The Hall–Kier alpha value is -4.36. The van der Waals surface area contributed by atoms with Crippen LogP contribution in [0.3, 0.4) is 0 Å². The Morgan fingerprint density at radius 1 is 0.404 bits per heavy atom. The molecule has 0 spiro atoms. The molecule has 1 heteroatoms. The van der Waals surface area contributed by atoms with Gasteiger partial charge in [0, 0.05) is 5.56 Å². The summed E-state index contributed by atoms with van der Waals surface area (Å²) < 4.78 is 5.41. The van der Waals surface area contributed by atoms with E-state index in [1.807, 2.05) is 90.1 Å². The van der Waals surface area contributed by atoms with Crippen LogP contribution in [0, 0.1) is 27.7 Å². The van der Waals surface area contributed by atoms with Crippen LogP contribution < -0.4 is 4.74 Å².